The Morgan fingerprint density at radius 2 is 2.16 bits per heavy atom. The molecule has 0 fully saturated rings. The van der Waals surface area contributed by atoms with Gasteiger partial charge < -0.3 is 10.1 Å². The Labute approximate surface area is 116 Å². The average molecular weight is 281 g/mol. The number of ether oxygens (including phenoxy) is 1. The van der Waals surface area contributed by atoms with Gasteiger partial charge in [-0.3, -0.25) is 0 Å². The summed E-state index contributed by atoms with van der Waals surface area (Å²) in [5.74, 6) is 0.720. The minimum absolute atomic E-state index is 0.257. The van der Waals surface area contributed by atoms with E-state index in [9.17, 15) is 4.39 Å². The third-order valence-corrected chi connectivity index (χ3v) is 2.97. The van der Waals surface area contributed by atoms with Gasteiger partial charge in [0.15, 0.2) is 0 Å². The van der Waals surface area contributed by atoms with Gasteiger partial charge in [0.2, 0.25) is 5.88 Å². The monoisotopic (exact) mass is 280 g/mol. The number of rotatable bonds is 4. The molecular weight excluding hydrogens is 267 g/mol. The molecular formula is C14H14ClFN2O. The van der Waals surface area contributed by atoms with Crippen LogP contribution in [0.5, 0.6) is 11.6 Å². The van der Waals surface area contributed by atoms with E-state index in [1.165, 1.54) is 6.07 Å². The lowest BCUT2D eigenvalue weighted by Gasteiger charge is -2.09. The third-order valence-electron chi connectivity index (χ3n) is 2.63. The van der Waals surface area contributed by atoms with E-state index < -0.39 is 0 Å². The van der Waals surface area contributed by atoms with Crippen molar-refractivity contribution in [1.82, 2.24) is 10.3 Å². The number of benzene rings is 1. The maximum absolute atomic E-state index is 13.2. The number of nitrogens with one attached hydrogen (secondary N) is 1. The second-order valence-electron chi connectivity index (χ2n) is 4.16. The van der Waals surface area contributed by atoms with Crippen LogP contribution in [0.25, 0.3) is 0 Å². The quantitative estimate of drug-likeness (QED) is 0.927. The summed E-state index contributed by atoms with van der Waals surface area (Å²) in [7, 11) is 1.83. The molecule has 0 radical (unpaired) electrons. The first-order valence-electron chi connectivity index (χ1n) is 5.83. The van der Waals surface area contributed by atoms with E-state index in [0.29, 0.717) is 28.8 Å². The highest BCUT2D eigenvalue weighted by Crippen LogP contribution is 2.25. The zero-order valence-corrected chi connectivity index (χ0v) is 11.5. The molecule has 0 saturated heterocycles. The van der Waals surface area contributed by atoms with Crippen LogP contribution in [0.1, 0.15) is 11.1 Å². The number of aryl methyl sites for hydroxylation is 1. The van der Waals surface area contributed by atoms with Crippen LogP contribution in [0.2, 0.25) is 5.02 Å². The summed E-state index contributed by atoms with van der Waals surface area (Å²) in [5.41, 5.74) is 1.43. The molecule has 1 aromatic heterocycles. The Morgan fingerprint density at radius 3 is 2.84 bits per heavy atom. The molecule has 0 amide bonds. The van der Waals surface area contributed by atoms with Crippen LogP contribution in [-0.2, 0) is 6.54 Å². The number of aromatic nitrogens is 1. The van der Waals surface area contributed by atoms with E-state index in [1.54, 1.807) is 31.3 Å². The molecule has 100 valence electrons. The van der Waals surface area contributed by atoms with Gasteiger partial charge in [0.1, 0.15) is 11.6 Å². The van der Waals surface area contributed by atoms with Crippen molar-refractivity contribution in [2.45, 2.75) is 13.5 Å². The van der Waals surface area contributed by atoms with Gasteiger partial charge in [0.25, 0.3) is 0 Å². The van der Waals surface area contributed by atoms with Crippen molar-refractivity contribution >= 4 is 11.6 Å². The maximum atomic E-state index is 13.2. The molecule has 1 aromatic carbocycles. The smallest absolute Gasteiger partial charge is 0.219 e. The van der Waals surface area contributed by atoms with Crippen molar-refractivity contribution in [3.63, 3.8) is 0 Å². The highest BCUT2D eigenvalue weighted by molar-refractivity contribution is 6.31. The van der Waals surface area contributed by atoms with Crippen molar-refractivity contribution in [2.75, 3.05) is 7.05 Å². The number of pyridine rings is 1. The predicted molar refractivity (Wildman–Crippen MR) is 73.2 cm³/mol. The van der Waals surface area contributed by atoms with Crippen LogP contribution in [0, 0.1) is 12.7 Å². The standard InChI is InChI=1S/C14H14ClFN2O/c1-9-5-11(3-4-13(9)16)19-14-6-10(7-17-2)12(15)8-18-14/h3-6,8,17H,7H2,1-2H3. The Morgan fingerprint density at radius 1 is 1.37 bits per heavy atom. The van der Waals surface area contributed by atoms with Crippen LogP contribution in [0.15, 0.2) is 30.5 Å². The zero-order valence-electron chi connectivity index (χ0n) is 10.7. The molecule has 3 nitrogen and oxygen atoms in total. The Bertz CT molecular complexity index is 590. The average Bonchev–Trinajstić information content (AvgIpc) is 2.38. The van der Waals surface area contributed by atoms with E-state index in [4.69, 9.17) is 16.3 Å². The molecule has 0 saturated carbocycles. The molecule has 0 unspecified atom stereocenters. The first-order chi connectivity index (χ1) is 9.10. The van der Waals surface area contributed by atoms with Crippen molar-refractivity contribution in [2.24, 2.45) is 0 Å². The summed E-state index contributed by atoms with van der Waals surface area (Å²) in [5, 5.41) is 3.60. The molecule has 1 N–H and O–H groups in total. The number of hydrogen-bond donors (Lipinski definition) is 1. The van der Waals surface area contributed by atoms with Gasteiger partial charge in [-0.25, -0.2) is 9.37 Å². The fraction of sp³-hybridized carbons (Fsp3) is 0.214. The summed E-state index contributed by atoms with van der Waals surface area (Å²) < 4.78 is 18.7. The fourth-order valence-electron chi connectivity index (χ4n) is 1.64. The topological polar surface area (TPSA) is 34.1 Å². The lowest BCUT2D eigenvalue weighted by molar-refractivity contribution is 0.459. The zero-order chi connectivity index (χ0) is 13.8. The first-order valence-corrected chi connectivity index (χ1v) is 6.21. The predicted octanol–water partition coefficient (Wildman–Crippen LogP) is 3.69. The number of hydrogen-bond acceptors (Lipinski definition) is 3. The molecule has 2 rings (SSSR count). The van der Waals surface area contributed by atoms with Gasteiger partial charge in [-0.1, -0.05) is 11.6 Å². The molecule has 0 aliphatic heterocycles. The minimum atomic E-state index is -0.257. The lowest BCUT2D eigenvalue weighted by Crippen LogP contribution is -2.06. The Kier molecular flexibility index (Phi) is 4.35. The van der Waals surface area contributed by atoms with Crippen molar-refractivity contribution in [3.05, 3.63) is 52.4 Å². The lowest BCUT2D eigenvalue weighted by atomic mass is 10.2. The summed E-state index contributed by atoms with van der Waals surface area (Å²) in [6.07, 6.45) is 1.54. The maximum Gasteiger partial charge on any atom is 0.219 e. The van der Waals surface area contributed by atoms with Crippen molar-refractivity contribution in [1.29, 1.82) is 0 Å². The molecule has 0 aliphatic rings. The van der Waals surface area contributed by atoms with E-state index in [0.717, 1.165) is 5.56 Å². The van der Waals surface area contributed by atoms with Gasteiger partial charge in [-0.2, -0.15) is 0 Å². The van der Waals surface area contributed by atoms with Crippen LogP contribution >= 0.6 is 11.6 Å². The third kappa shape index (κ3) is 3.43. The van der Waals surface area contributed by atoms with Gasteiger partial charge in [0, 0.05) is 18.8 Å². The normalized spacial score (nSPS) is 10.5. The second kappa shape index (κ2) is 5.99. The van der Waals surface area contributed by atoms with Crippen molar-refractivity contribution < 1.29 is 9.13 Å². The second-order valence-corrected chi connectivity index (χ2v) is 4.56. The van der Waals surface area contributed by atoms with E-state index >= 15 is 0 Å². The van der Waals surface area contributed by atoms with Crippen molar-refractivity contribution in [3.8, 4) is 11.6 Å². The SMILES string of the molecule is CNCc1cc(Oc2ccc(F)c(C)c2)ncc1Cl. The van der Waals surface area contributed by atoms with E-state index in [-0.39, 0.29) is 5.82 Å². The summed E-state index contributed by atoms with van der Waals surface area (Å²) in [6, 6.07) is 6.33. The van der Waals surface area contributed by atoms with E-state index in [2.05, 4.69) is 10.3 Å². The summed E-state index contributed by atoms with van der Waals surface area (Å²) >= 11 is 6.02. The molecule has 2 aromatic rings. The molecule has 5 heteroatoms. The molecule has 0 bridgehead atoms. The Hall–Kier alpha value is -1.65. The van der Waals surface area contributed by atoms with Gasteiger partial charge in [-0.05, 0) is 43.3 Å². The number of halogens is 2. The summed E-state index contributed by atoms with van der Waals surface area (Å²) in [4.78, 5) is 4.09. The van der Waals surface area contributed by atoms with Gasteiger partial charge >= 0.3 is 0 Å². The first kappa shape index (κ1) is 13.8. The molecule has 1 heterocycles. The van der Waals surface area contributed by atoms with Crippen LogP contribution < -0.4 is 10.1 Å². The van der Waals surface area contributed by atoms with Gasteiger partial charge in [-0.15, -0.1) is 0 Å². The van der Waals surface area contributed by atoms with E-state index in [1.807, 2.05) is 7.05 Å². The minimum Gasteiger partial charge on any atom is -0.439 e. The largest absolute Gasteiger partial charge is 0.439 e. The molecule has 19 heavy (non-hydrogen) atoms. The Balaban J connectivity index is 2.22. The molecule has 0 aliphatic carbocycles. The molecule has 0 spiro atoms. The highest BCUT2D eigenvalue weighted by atomic mass is 35.5. The van der Waals surface area contributed by atoms with Crippen LogP contribution in [-0.4, -0.2) is 12.0 Å². The summed E-state index contributed by atoms with van der Waals surface area (Å²) in [6.45, 7) is 2.31. The van der Waals surface area contributed by atoms with Crippen LogP contribution in [0.4, 0.5) is 4.39 Å². The molecule has 0 atom stereocenters. The number of nitrogens with zero attached hydrogens (tertiary/aromatic N) is 1. The fourth-order valence-corrected chi connectivity index (χ4v) is 1.81. The van der Waals surface area contributed by atoms with Crippen LogP contribution in [0.3, 0.4) is 0 Å². The highest BCUT2D eigenvalue weighted by Gasteiger charge is 2.06. The van der Waals surface area contributed by atoms with Gasteiger partial charge in [0.05, 0.1) is 5.02 Å².